The molecule has 0 aliphatic carbocycles. The van der Waals surface area contributed by atoms with E-state index in [1.54, 1.807) is 47.1 Å². The zero-order chi connectivity index (χ0) is 22.8. The summed E-state index contributed by atoms with van der Waals surface area (Å²) >= 11 is 7.24. The van der Waals surface area contributed by atoms with Crippen LogP contribution in [0.25, 0.3) is 22.9 Å². The number of aromatic nitrogens is 5. The Morgan fingerprint density at radius 2 is 1.88 bits per heavy atom. The van der Waals surface area contributed by atoms with Gasteiger partial charge in [-0.3, -0.25) is 4.68 Å². The molecule has 0 fully saturated rings. The molecule has 33 heavy (non-hydrogen) atoms. The monoisotopic (exact) mass is 479 g/mol. The summed E-state index contributed by atoms with van der Waals surface area (Å²) in [4.78, 5) is 9.97. The lowest BCUT2D eigenvalue weighted by Gasteiger charge is -2.06. The van der Waals surface area contributed by atoms with Crippen molar-refractivity contribution in [3.63, 3.8) is 0 Å². The third-order valence-corrected chi connectivity index (χ3v) is 6.03. The van der Waals surface area contributed by atoms with Crippen molar-refractivity contribution < 1.29 is 14.0 Å². The van der Waals surface area contributed by atoms with Crippen LogP contribution in [0, 0.1) is 5.82 Å². The van der Waals surface area contributed by atoms with Crippen LogP contribution in [0.3, 0.4) is 0 Å². The molecule has 5 aromatic rings. The Hall–Kier alpha value is -3.69. The predicted molar refractivity (Wildman–Crippen MR) is 121 cm³/mol. The highest BCUT2D eigenvalue weighted by Crippen LogP contribution is 2.34. The van der Waals surface area contributed by atoms with Gasteiger partial charge in [-0.25, -0.2) is 9.37 Å². The van der Waals surface area contributed by atoms with Gasteiger partial charge in [-0.15, -0.1) is 0 Å². The van der Waals surface area contributed by atoms with Crippen molar-refractivity contribution in [2.24, 2.45) is 0 Å². The summed E-state index contributed by atoms with van der Waals surface area (Å²) < 4.78 is 20.8. The first kappa shape index (κ1) is 21.2. The van der Waals surface area contributed by atoms with E-state index in [9.17, 15) is 9.50 Å². The van der Waals surface area contributed by atoms with E-state index in [0.29, 0.717) is 32.6 Å². The molecule has 0 spiro atoms. The van der Waals surface area contributed by atoms with Gasteiger partial charge in [0.1, 0.15) is 23.5 Å². The first-order chi connectivity index (χ1) is 16.1. The lowest BCUT2D eigenvalue weighted by Crippen LogP contribution is -2.06. The van der Waals surface area contributed by atoms with E-state index < -0.39 is 0 Å². The molecule has 3 heterocycles. The normalized spacial score (nSPS) is 11.1. The third kappa shape index (κ3) is 4.59. The van der Waals surface area contributed by atoms with Crippen LogP contribution in [0.1, 0.15) is 5.56 Å². The van der Waals surface area contributed by atoms with E-state index in [4.69, 9.17) is 16.1 Å². The summed E-state index contributed by atoms with van der Waals surface area (Å²) in [5, 5.41) is 19.6. The molecule has 164 valence electrons. The molecule has 10 heteroatoms. The van der Waals surface area contributed by atoms with E-state index in [2.05, 4.69) is 20.2 Å². The maximum absolute atomic E-state index is 14.2. The Morgan fingerprint density at radius 3 is 2.61 bits per heavy atom. The molecule has 3 aromatic heterocycles. The Bertz CT molecular complexity index is 1410. The van der Waals surface area contributed by atoms with Gasteiger partial charge in [0, 0.05) is 27.7 Å². The lowest BCUT2D eigenvalue weighted by molar-refractivity contribution is 0.421. The van der Waals surface area contributed by atoms with Crippen molar-refractivity contribution >= 4 is 23.4 Å². The molecule has 0 radical (unpaired) electrons. The van der Waals surface area contributed by atoms with Gasteiger partial charge in [0.25, 0.3) is 0 Å². The molecule has 0 aliphatic rings. The molecule has 2 aromatic carbocycles. The Morgan fingerprint density at radius 1 is 1.06 bits per heavy atom. The third-order valence-electron chi connectivity index (χ3n) is 4.76. The highest BCUT2D eigenvalue weighted by atomic mass is 35.5. The molecule has 1 N–H and O–H groups in total. The summed E-state index contributed by atoms with van der Waals surface area (Å²) in [6.07, 6.45) is 2.98. The number of halogens is 2. The number of rotatable bonds is 6. The van der Waals surface area contributed by atoms with E-state index in [1.165, 1.54) is 30.3 Å². The zero-order valence-corrected chi connectivity index (χ0v) is 18.5. The summed E-state index contributed by atoms with van der Waals surface area (Å²) in [5.74, 6) is -0.283. The second kappa shape index (κ2) is 9.05. The molecular formula is C23H15ClFN5O2S. The van der Waals surface area contributed by atoms with Crippen LogP contribution in [0.5, 0.6) is 5.88 Å². The van der Waals surface area contributed by atoms with E-state index >= 15 is 0 Å². The first-order valence-electron chi connectivity index (χ1n) is 9.78. The standard InChI is InChI=1S/C23H15ClFN5O2S/c24-15-5-7-16(8-6-15)33-21-12-26-22(27-23(21)31)19-11-20(18-9-10-32-29-18)30(28-19)13-14-3-1-2-4-17(14)25/h1-12H,13H2,(H,26,27,31). The van der Waals surface area contributed by atoms with Crippen LogP contribution in [0.15, 0.2) is 87.4 Å². The maximum atomic E-state index is 14.2. The molecule has 0 unspecified atom stereocenters. The number of benzene rings is 2. The van der Waals surface area contributed by atoms with Crippen molar-refractivity contribution in [1.82, 2.24) is 24.9 Å². The van der Waals surface area contributed by atoms with Gasteiger partial charge in [0.15, 0.2) is 5.82 Å². The Balaban J connectivity index is 1.48. The molecule has 0 atom stereocenters. The topological polar surface area (TPSA) is 89.9 Å². The predicted octanol–water partition coefficient (Wildman–Crippen LogP) is 5.69. The van der Waals surface area contributed by atoms with Gasteiger partial charge in [-0.2, -0.15) is 10.1 Å². The van der Waals surface area contributed by atoms with E-state index in [-0.39, 0.29) is 24.1 Å². The van der Waals surface area contributed by atoms with Gasteiger partial charge in [0.2, 0.25) is 5.88 Å². The van der Waals surface area contributed by atoms with Crippen LogP contribution in [-0.4, -0.2) is 30.0 Å². The highest BCUT2D eigenvalue weighted by molar-refractivity contribution is 7.99. The van der Waals surface area contributed by atoms with Crippen LogP contribution in [-0.2, 0) is 6.54 Å². The Kier molecular flexibility index (Phi) is 5.80. The Labute approximate surface area is 196 Å². The average molecular weight is 480 g/mol. The molecule has 7 nitrogen and oxygen atoms in total. The fourth-order valence-electron chi connectivity index (χ4n) is 3.17. The van der Waals surface area contributed by atoms with Gasteiger partial charge in [-0.05, 0) is 36.4 Å². The minimum absolute atomic E-state index is 0.172. The van der Waals surface area contributed by atoms with Gasteiger partial charge in [0.05, 0.1) is 17.1 Å². The summed E-state index contributed by atoms with van der Waals surface area (Å²) in [7, 11) is 0. The molecule has 0 saturated carbocycles. The molecule has 0 amide bonds. The van der Waals surface area contributed by atoms with Gasteiger partial charge < -0.3 is 9.63 Å². The summed E-state index contributed by atoms with van der Waals surface area (Å²) in [5.41, 5.74) is 2.01. The quantitative estimate of drug-likeness (QED) is 0.334. The van der Waals surface area contributed by atoms with Crippen molar-refractivity contribution in [1.29, 1.82) is 0 Å². The number of aromatic hydroxyl groups is 1. The molecule has 0 aliphatic heterocycles. The van der Waals surface area contributed by atoms with Gasteiger partial charge >= 0.3 is 0 Å². The number of hydrogen-bond donors (Lipinski definition) is 1. The lowest BCUT2D eigenvalue weighted by atomic mass is 10.2. The zero-order valence-electron chi connectivity index (χ0n) is 16.9. The minimum atomic E-state index is -0.335. The summed E-state index contributed by atoms with van der Waals surface area (Å²) in [6.45, 7) is 0.172. The smallest absolute Gasteiger partial charge is 0.228 e. The van der Waals surface area contributed by atoms with Crippen molar-refractivity contribution in [3.8, 4) is 28.8 Å². The second-order valence-electron chi connectivity index (χ2n) is 6.99. The molecule has 0 bridgehead atoms. The van der Waals surface area contributed by atoms with E-state index in [0.717, 1.165) is 4.90 Å². The highest BCUT2D eigenvalue weighted by Gasteiger charge is 2.18. The minimum Gasteiger partial charge on any atom is -0.492 e. The van der Waals surface area contributed by atoms with Gasteiger partial charge in [-0.1, -0.05) is 46.7 Å². The van der Waals surface area contributed by atoms with Crippen molar-refractivity contribution in [2.45, 2.75) is 16.3 Å². The molecule has 0 saturated heterocycles. The average Bonchev–Trinajstić information content (AvgIpc) is 3.48. The molecular weight excluding hydrogens is 465 g/mol. The fourth-order valence-corrected chi connectivity index (χ4v) is 4.07. The SMILES string of the molecule is Oc1nc(-c2cc(-c3ccon3)n(Cc3ccccc3F)n2)ncc1Sc1ccc(Cl)cc1. The van der Waals surface area contributed by atoms with Crippen LogP contribution < -0.4 is 0 Å². The largest absolute Gasteiger partial charge is 0.492 e. The number of hydrogen-bond acceptors (Lipinski definition) is 7. The summed E-state index contributed by atoms with van der Waals surface area (Å²) in [6, 6.07) is 17.1. The number of nitrogens with zero attached hydrogens (tertiary/aromatic N) is 5. The fraction of sp³-hybridized carbons (Fsp3) is 0.0435. The first-order valence-corrected chi connectivity index (χ1v) is 11.0. The maximum Gasteiger partial charge on any atom is 0.228 e. The second-order valence-corrected chi connectivity index (χ2v) is 8.54. The van der Waals surface area contributed by atoms with Crippen molar-refractivity contribution in [3.05, 3.63) is 89.5 Å². The van der Waals surface area contributed by atoms with Crippen LogP contribution in [0.4, 0.5) is 4.39 Å². The van der Waals surface area contributed by atoms with Crippen molar-refractivity contribution in [2.75, 3.05) is 0 Å². The van der Waals surface area contributed by atoms with Crippen LogP contribution in [0.2, 0.25) is 5.02 Å². The van der Waals surface area contributed by atoms with E-state index in [1.807, 2.05) is 12.1 Å². The van der Waals surface area contributed by atoms with Crippen LogP contribution >= 0.6 is 23.4 Å². The molecule has 5 rings (SSSR count).